The van der Waals surface area contributed by atoms with Gasteiger partial charge < -0.3 is 10.1 Å². The molecule has 0 radical (unpaired) electrons. The van der Waals surface area contributed by atoms with Gasteiger partial charge >= 0.3 is 0 Å². The van der Waals surface area contributed by atoms with Gasteiger partial charge in [-0.3, -0.25) is 0 Å². The quantitative estimate of drug-likeness (QED) is 0.693. The van der Waals surface area contributed by atoms with Gasteiger partial charge in [-0.2, -0.15) is 4.31 Å². The molecule has 1 unspecified atom stereocenters. The lowest BCUT2D eigenvalue weighted by Crippen LogP contribution is -2.49. The molecule has 0 amide bonds. The summed E-state index contributed by atoms with van der Waals surface area (Å²) in [6.07, 6.45) is 3.75. The third kappa shape index (κ3) is 7.08. The molecule has 1 aliphatic heterocycles. The van der Waals surface area contributed by atoms with Gasteiger partial charge in [0.25, 0.3) is 0 Å². The summed E-state index contributed by atoms with van der Waals surface area (Å²) in [4.78, 5) is 0. The molecule has 1 heterocycles. The predicted molar refractivity (Wildman–Crippen MR) is 86.9 cm³/mol. The topological polar surface area (TPSA) is 58.6 Å². The Balaban J connectivity index is 2.58. The summed E-state index contributed by atoms with van der Waals surface area (Å²) in [7, 11) is -1.47. The zero-order valence-corrected chi connectivity index (χ0v) is 14.8. The molecule has 0 bridgehead atoms. The number of hydrogen-bond donors (Lipinski definition) is 1. The largest absolute Gasteiger partial charge is 0.383 e. The van der Waals surface area contributed by atoms with Gasteiger partial charge in [0.15, 0.2) is 0 Å². The minimum Gasteiger partial charge on any atom is -0.383 e. The summed E-state index contributed by atoms with van der Waals surface area (Å²) < 4.78 is 32.0. The van der Waals surface area contributed by atoms with Crippen LogP contribution in [0.2, 0.25) is 0 Å². The lowest BCUT2D eigenvalue weighted by molar-refractivity contribution is 0.191. The monoisotopic (exact) mass is 320 g/mol. The van der Waals surface area contributed by atoms with E-state index >= 15 is 0 Å². The molecule has 1 fully saturated rings. The third-order valence-electron chi connectivity index (χ3n) is 3.90. The fourth-order valence-corrected chi connectivity index (χ4v) is 4.69. The maximum Gasteiger partial charge on any atom is 0.214 e. The van der Waals surface area contributed by atoms with Crippen molar-refractivity contribution in [1.29, 1.82) is 0 Å². The summed E-state index contributed by atoms with van der Waals surface area (Å²) in [5, 5.41) is 3.30. The molecule has 5 nitrogen and oxygen atoms in total. The third-order valence-corrected chi connectivity index (χ3v) is 5.82. The second kappa shape index (κ2) is 8.46. The van der Waals surface area contributed by atoms with E-state index in [1.165, 1.54) is 0 Å². The van der Waals surface area contributed by atoms with Crippen LogP contribution in [0, 0.1) is 5.41 Å². The molecule has 1 rings (SSSR count). The molecular formula is C15H32N2O3S. The van der Waals surface area contributed by atoms with Crippen molar-refractivity contribution in [2.45, 2.75) is 52.5 Å². The molecule has 1 aliphatic rings. The zero-order chi connectivity index (χ0) is 15.9. The van der Waals surface area contributed by atoms with E-state index in [2.05, 4.69) is 26.1 Å². The summed E-state index contributed by atoms with van der Waals surface area (Å²) >= 11 is 0. The number of methoxy groups -OCH3 is 1. The van der Waals surface area contributed by atoms with Crippen LogP contribution < -0.4 is 5.32 Å². The van der Waals surface area contributed by atoms with E-state index < -0.39 is 10.0 Å². The molecule has 1 atom stereocenters. The van der Waals surface area contributed by atoms with Crippen LogP contribution >= 0.6 is 0 Å². The summed E-state index contributed by atoms with van der Waals surface area (Å²) in [6.45, 7) is 9.07. The van der Waals surface area contributed by atoms with Crippen LogP contribution in [0.25, 0.3) is 0 Å². The highest BCUT2D eigenvalue weighted by atomic mass is 32.2. The van der Waals surface area contributed by atoms with Crippen LogP contribution in [0.15, 0.2) is 0 Å². The molecule has 0 aliphatic carbocycles. The number of nitrogens with one attached hydrogen (secondary N) is 1. The summed E-state index contributed by atoms with van der Waals surface area (Å²) in [5.41, 5.74) is 0.0507. The highest BCUT2D eigenvalue weighted by Gasteiger charge is 2.32. The van der Waals surface area contributed by atoms with Crippen molar-refractivity contribution >= 4 is 10.0 Å². The molecule has 0 aromatic carbocycles. The van der Waals surface area contributed by atoms with E-state index in [1.54, 1.807) is 11.4 Å². The van der Waals surface area contributed by atoms with Gasteiger partial charge in [-0.05, 0) is 24.7 Å². The molecule has 0 saturated carbocycles. The van der Waals surface area contributed by atoms with E-state index in [-0.39, 0.29) is 17.2 Å². The van der Waals surface area contributed by atoms with Crippen LogP contribution in [0.4, 0.5) is 0 Å². The molecule has 1 saturated heterocycles. The second-order valence-corrected chi connectivity index (χ2v) is 9.13. The van der Waals surface area contributed by atoms with Gasteiger partial charge in [-0.25, -0.2) is 8.42 Å². The Labute approximate surface area is 130 Å². The first kappa shape index (κ1) is 18.9. The van der Waals surface area contributed by atoms with E-state index in [0.29, 0.717) is 19.6 Å². The average molecular weight is 320 g/mol. The van der Waals surface area contributed by atoms with E-state index in [9.17, 15) is 8.42 Å². The van der Waals surface area contributed by atoms with Gasteiger partial charge in [-0.1, -0.05) is 27.2 Å². The van der Waals surface area contributed by atoms with Crippen LogP contribution in [0.5, 0.6) is 0 Å². The predicted octanol–water partition coefficient (Wildman–Crippen LogP) is 1.84. The van der Waals surface area contributed by atoms with Crippen molar-refractivity contribution in [3.8, 4) is 0 Å². The maximum absolute atomic E-state index is 12.6. The lowest BCUT2D eigenvalue weighted by atomic mass is 9.94. The number of rotatable bonds is 8. The first-order chi connectivity index (χ1) is 9.76. The molecule has 0 aromatic rings. The molecule has 1 N–H and O–H groups in total. The second-order valence-electron chi connectivity index (χ2n) is 7.08. The smallest absolute Gasteiger partial charge is 0.214 e. The van der Waals surface area contributed by atoms with Crippen molar-refractivity contribution in [2.24, 2.45) is 5.41 Å². The molecule has 0 aromatic heterocycles. The highest BCUT2D eigenvalue weighted by Crippen LogP contribution is 2.24. The van der Waals surface area contributed by atoms with Gasteiger partial charge in [0, 0.05) is 32.8 Å². The SMILES string of the molecule is COCCNCC1CCCCN1S(=O)(=O)CCC(C)(C)C. The number of nitrogens with zero attached hydrogens (tertiary/aromatic N) is 1. The van der Waals surface area contributed by atoms with Gasteiger partial charge in [-0.15, -0.1) is 0 Å². The Morgan fingerprint density at radius 2 is 2.00 bits per heavy atom. The zero-order valence-electron chi connectivity index (χ0n) is 14.0. The molecule has 0 spiro atoms. The minimum atomic E-state index is -3.15. The van der Waals surface area contributed by atoms with Gasteiger partial charge in [0.1, 0.15) is 0 Å². The Hall–Kier alpha value is -0.170. The Morgan fingerprint density at radius 3 is 2.62 bits per heavy atom. The van der Waals surface area contributed by atoms with Crippen molar-refractivity contribution in [1.82, 2.24) is 9.62 Å². The summed E-state index contributed by atoms with van der Waals surface area (Å²) in [6, 6.07) is 0.0978. The van der Waals surface area contributed by atoms with Gasteiger partial charge in [0.2, 0.25) is 10.0 Å². The lowest BCUT2D eigenvalue weighted by Gasteiger charge is -2.35. The van der Waals surface area contributed by atoms with Crippen molar-refractivity contribution in [3.05, 3.63) is 0 Å². The molecule has 6 heteroatoms. The van der Waals surface area contributed by atoms with E-state index in [4.69, 9.17) is 4.74 Å². The molecule has 126 valence electrons. The first-order valence-electron chi connectivity index (χ1n) is 7.95. The number of sulfonamides is 1. The van der Waals surface area contributed by atoms with Crippen LogP contribution in [-0.4, -0.2) is 57.9 Å². The Kier molecular flexibility index (Phi) is 7.60. The first-order valence-corrected chi connectivity index (χ1v) is 9.56. The van der Waals surface area contributed by atoms with Crippen LogP contribution in [0.1, 0.15) is 46.5 Å². The minimum absolute atomic E-state index is 0.0507. The van der Waals surface area contributed by atoms with Crippen molar-refractivity contribution in [3.63, 3.8) is 0 Å². The van der Waals surface area contributed by atoms with E-state index in [1.807, 2.05) is 0 Å². The maximum atomic E-state index is 12.6. The standard InChI is InChI=1S/C15H32N2O3S/c1-15(2,3)8-12-21(18,19)17-10-6-5-7-14(17)13-16-9-11-20-4/h14,16H,5-13H2,1-4H3. The van der Waals surface area contributed by atoms with Gasteiger partial charge in [0.05, 0.1) is 12.4 Å². The highest BCUT2D eigenvalue weighted by molar-refractivity contribution is 7.89. The Morgan fingerprint density at radius 1 is 1.29 bits per heavy atom. The van der Waals surface area contributed by atoms with E-state index in [0.717, 1.165) is 32.4 Å². The number of hydrogen-bond acceptors (Lipinski definition) is 4. The molecular weight excluding hydrogens is 288 g/mol. The summed E-state index contributed by atoms with van der Waals surface area (Å²) in [5.74, 6) is 0.255. The fraction of sp³-hybridized carbons (Fsp3) is 1.00. The van der Waals surface area contributed by atoms with Crippen molar-refractivity contribution in [2.75, 3.05) is 39.1 Å². The fourth-order valence-electron chi connectivity index (χ4n) is 2.54. The van der Waals surface area contributed by atoms with Crippen LogP contribution in [0.3, 0.4) is 0 Å². The normalized spacial score (nSPS) is 21.6. The number of piperidine rings is 1. The molecule has 21 heavy (non-hydrogen) atoms. The Bertz CT molecular complexity index is 390. The number of ether oxygens (including phenoxy) is 1. The average Bonchev–Trinajstić information content (AvgIpc) is 2.41. The van der Waals surface area contributed by atoms with Crippen molar-refractivity contribution < 1.29 is 13.2 Å². The van der Waals surface area contributed by atoms with Crippen LogP contribution in [-0.2, 0) is 14.8 Å².